The molecule has 1 amide bonds. The smallest absolute Gasteiger partial charge is 0.240 e. The quantitative estimate of drug-likeness (QED) is 0.771. The first kappa shape index (κ1) is 13.3. The number of amides is 1. The average molecular weight is 275 g/mol. The zero-order valence-corrected chi connectivity index (χ0v) is 12.0. The summed E-state index contributed by atoms with van der Waals surface area (Å²) in [6, 6.07) is -0.0641. The van der Waals surface area contributed by atoms with Crippen molar-refractivity contribution in [3.8, 4) is 0 Å². The summed E-state index contributed by atoms with van der Waals surface area (Å²) in [4.78, 5) is 22.7. The van der Waals surface area contributed by atoms with Crippen LogP contribution in [0.4, 0.5) is 5.95 Å². The minimum absolute atomic E-state index is 0.0641. The lowest BCUT2D eigenvalue weighted by Gasteiger charge is -2.30. The third kappa shape index (κ3) is 2.47. The number of hydrogen-bond donors (Lipinski definition) is 2. The molecule has 1 fully saturated rings. The van der Waals surface area contributed by atoms with Crippen molar-refractivity contribution in [1.29, 1.82) is 0 Å². The Morgan fingerprint density at radius 2 is 2.35 bits per heavy atom. The van der Waals surface area contributed by atoms with Crippen LogP contribution in [0.5, 0.6) is 0 Å². The largest absolute Gasteiger partial charge is 0.368 e. The van der Waals surface area contributed by atoms with E-state index >= 15 is 0 Å². The summed E-state index contributed by atoms with van der Waals surface area (Å²) in [5.74, 6) is 0.455. The molecular weight excluding hydrogens is 254 g/mol. The van der Waals surface area contributed by atoms with Crippen LogP contribution >= 0.6 is 0 Å². The number of nitrogen functional groups attached to an aromatic ring is 1. The van der Waals surface area contributed by atoms with Crippen LogP contribution in [0.15, 0.2) is 6.20 Å². The van der Waals surface area contributed by atoms with Gasteiger partial charge in [0.05, 0.1) is 18.3 Å². The molecule has 0 aromatic carbocycles. The normalized spacial score (nSPS) is 24.5. The maximum Gasteiger partial charge on any atom is 0.240 e. The predicted octanol–water partition coefficient (Wildman–Crippen LogP) is 0.332. The third-order valence-corrected chi connectivity index (χ3v) is 4.16. The fraction of sp³-hybridized carbons (Fsp3) is 0.643. The van der Waals surface area contributed by atoms with E-state index in [1.165, 1.54) is 0 Å². The molecule has 0 saturated carbocycles. The Hall–Kier alpha value is -1.69. The molecular formula is C14H21N5O. The highest BCUT2D eigenvalue weighted by atomic mass is 16.2. The van der Waals surface area contributed by atoms with Crippen molar-refractivity contribution in [2.75, 3.05) is 18.8 Å². The van der Waals surface area contributed by atoms with Gasteiger partial charge in [-0.2, -0.15) is 0 Å². The summed E-state index contributed by atoms with van der Waals surface area (Å²) in [6.07, 6.45) is 3.47. The van der Waals surface area contributed by atoms with Crippen molar-refractivity contribution < 1.29 is 4.79 Å². The number of anilines is 1. The molecule has 20 heavy (non-hydrogen) atoms. The van der Waals surface area contributed by atoms with Crippen molar-refractivity contribution in [2.45, 2.75) is 39.3 Å². The number of hydrogen-bond acceptors (Lipinski definition) is 5. The molecule has 1 aromatic heterocycles. The summed E-state index contributed by atoms with van der Waals surface area (Å²) in [5.41, 5.74) is 7.80. The van der Waals surface area contributed by atoms with Gasteiger partial charge in [0, 0.05) is 19.3 Å². The van der Waals surface area contributed by atoms with Gasteiger partial charge < -0.3 is 16.0 Å². The van der Waals surface area contributed by atoms with Gasteiger partial charge in [-0.15, -0.1) is 0 Å². The van der Waals surface area contributed by atoms with Crippen molar-refractivity contribution in [3.63, 3.8) is 0 Å². The van der Waals surface area contributed by atoms with Gasteiger partial charge >= 0.3 is 0 Å². The molecule has 0 spiro atoms. The molecule has 2 aliphatic rings. The zero-order chi connectivity index (χ0) is 14.3. The number of carbonyl (C=O) groups excluding carboxylic acids is 1. The van der Waals surface area contributed by atoms with E-state index in [4.69, 9.17) is 5.73 Å². The summed E-state index contributed by atoms with van der Waals surface area (Å²) >= 11 is 0. The molecule has 2 aliphatic heterocycles. The van der Waals surface area contributed by atoms with Crippen molar-refractivity contribution in [3.05, 3.63) is 17.5 Å². The number of rotatable bonds is 1. The fourth-order valence-corrected chi connectivity index (χ4v) is 3.00. The zero-order valence-electron chi connectivity index (χ0n) is 12.0. The fourth-order valence-electron chi connectivity index (χ4n) is 3.00. The highest BCUT2D eigenvalue weighted by Crippen LogP contribution is 2.29. The predicted molar refractivity (Wildman–Crippen MR) is 75.8 cm³/mol. The van der Waals surface area contributed by atoms with Crippen LogP contribution in [0, 0.1) is 5.41 Å². The number of aromatic nitrogens is 2. The van der Waals surface area contributed by atoms with Gasteiger partial charge in [-0.25, -0.2) is 9.97 Å². The Kier molecular flexibility index (Phi) is 3.12. The minimum atomic E-state index is -0.0641. The number of nitrogens with two attached hydrogens (primary N) is 1. The topological polar surface area (TPSA) is 84.1 Å². The number of fused-ring (bicyclic) bond motifs is 1. The van der Waals surface area contributed by atoms with Crippen molar-refractivity contribution in [1.82, 2.24) is 20.2 Å². The van der Waals surface area contributed by atoms with E-state index in [2.05, 4.69) is 29.1 Å². The molecule has 1 unspecified atom stereocenters. The Bertz CT molecular complexity index is 542. The van der Waals surface area contributed by atoms with Gasteiger partial charge in [0.2, 0.25) is 11.9 Å². The lowest BCUT2D eigenvalue weighted by molar-refractivity contribution is -0.134. The van der Waals surface area contributed by atoms with Gasteiger partial charge in [0.1, 0.15) is 0 Å². The molecule has 6 nitrogen and oxygen atoms in total. The molecule has 0 radical (unpaired) electrons. The maximum absolute atomic E-state index is 12.6. The molecule has 0 bridgehead atoms. The average Bonchev–Trinajstić information content (AvgIpc) is 2.77. The van der Waals surface area contributed by atoms with Gasteiger partial charge in [-0.05, 0) is 23.8 Å². The Morgan fingerprint density at radius 1 is 1.55 bits per heavy atom. The Labute approximate surface area is 118 Å². The second kappa shape index (κ2) is 4.70. The van der Waals surface area contributed by atoms with E-state index in [1.807, 2.05) is 4.90 Å². The third-order valence-electron chi connectivity index (χ3n) is 4.16. The lowest BCUT2D eigenvalue weighted by atomic mass is 9.90. The summed E-state index contributed by atoms with van der Waals surface area (Å²) < 4.78 is 0. The first-order chi connectivity index (χ1) is 9.44. The summed E-state index contributed by atoms with van der Waals surface area (Å²) in [6.45, 7) is 6.54. The number of nitrogens with one attached hydrogen (secondary N) is 1. The van der Waals surface area contributed by atoms with E-state index in [0.29, 0.717) is 6.54 Å². The first-order valence-electron chi connectivity index (χ1n) is 7.07. The minimum Gasteiger partial charge on any atom is -0.368 e. The Balaban J connectivity index is 1.72. The van der Waals surface area contributed by atoms with Crippen LogP contribution in [0.2, 0.25) is 0 Å². The van der Waals surface area contributed by atoms with Gasteiger partial charge in [-0.1, -0.05) is 13.8 Å². The molecule has 1 atom stereocenters. The molecule has 6 heteroatoms. The molecule has 3 heterocycles. The van der Waals surface area contributed by atoms with Crippen LogP contribution in [-0.2, 0) is 17.8 Å². The molecule has 1 saturated heterocycles. The second-order valence-corrected chi connectivity index (χ2v) is 6.51. The first-order valence-corrected chi connectivity index (χ1v) is 7.07. The second-order valence-electron chi connectivity index (χ2n) is 6.51. The standard InChI is InChI=1S/C14H21N5O/c1-14(2)5-10(17-8-14)12(20)19-4-3-9-6-16-13(15)18-11(9)7-19/h6,10,17H,3-5,7-8H2,1-2H3,(H2,15,16,18). The van der Waals surface area contributed by atoms with Crippen LogP contribution in [0.25, 0.3) is 0 Å². The maximum atomic E-state index is 12.6. The van der Waals surface area contributed by atoms with Crippen molar-refractivity contribution >= 4 is 11.9 Å². The van der Waals surface area contributed by atoms with Crippen LogP contribution in [0.3, 0.4) is 0 Å². The molecule has 108 valence electrons. The molecule has 0 aliphatic carbocycles. The Morgan fingerprint density at radius 3 is 3.05 bits per heavy atom. The monoisotopic (exact) mass is 275 g/mol. The van der Waals surface area contributed by atoms with Crippen molar-refractivity contribution in [2.24, 2.45) is 5.41 Å². The lowest BCUT2D eigenvalue weighted by Crippen LogP contribution is -2.45. The van der Waals surface area contributed by atoms with E-state index in [1.54, 1.807) is 6.20 Å². The van der Waals surface area contributed by atoms with E-state index in [0.717, 1.165) is 37.2 Å². The highest BCUT2D eigenvalue weighted by Gasteiger charge is 2.37. The highest BCUT2D eigenvalue weighted by molar-refractivity contribution is 5.82. The van der Waals surface area contributed by atoms with Gasteiger partial charge in [0.15, 0.2) is 0 Å². The van der Waals surface area contributed by atoms with Gasteiger partial charge in [-0.3, -0.25) is 4.79 Å². The summed E-state index contributed by atoms with van der Waals surface area (Å²) in [7, 11) is 0. The van der Waals surface area contributed by atoms with Crippen LogP contribution in [0.1, 0.15) is 31.5 Å². The molecule has 3 N–H and O–H groups in total. The van der Waals surface area contributed by atoms with E-state index in [9.17, 15) is 4.79 Å². The molecule has 1 aromatic rings. The molecule has 3 rings (SSSR count). The summed E-state index contributed by atoms with van der Waals surface area (Å²) in [5, 5.41) is 3.33. The van der Waals surface area contributed by atoms with Crippen LogP contribution in [-0.4, -0.2) is 39.9 Å². The number of carbonyl (C=O) groups is 1. The van der Waals surface area contributed by atoms with Crippen LogP contribution < -0.4 is 11.1 Å². The van der Waals surface area contributed by atoms with E-state index < -0.39 is 0 Å². The number of nitrogens with zero attached hydrogens (tertiary/aromatic N) is 3. The van der Waals surface area contributed by atoms with Gasteiger partial charge in [0.25, 0.3) is 0 Å². The van der Waals surface area contributed by atoms with E-state index in [-0.39, 0.29) is 23.3 Å². The SMILES string of the molecule is CC1(C)CNC(C(=O)N2CCc3cnc(N)nc3C2)C1.